The average molecular weight is 648 g/mol. The second-order valence-electron chi connectivity index (χ2n) is 15.6. The largest absolute Gasteiger partial charge is 0.508 e. The van der Waals surface area contributed by atoms with Gasteiger partial charge in [-0.2, -0.15) is 0 Å². The molecule has 3 aliphatic carbocycles. The van der Waals surface area contributed by atoms with Gasteiger partial charge >= 0.3 is 0 Å². The van der Waals surface area contributed by atoms with E-state index in [0.717, 1.165) is 94.8 Å². The molecular formula is C42H62FNO3. The molecule has 2 N–H and O–H groups in total. The van der Waals surface area contributed by atoms with Crippen LogP contribution in [0.5, 0.6) is 5.75 Å². The lowest BCUT2D eigenvalue weighted by Gasteiger charge is -2.54. The minimum atomic E-state index is -0.956. The van der Waals surface area contributed by atoms with E-state index in [1.807, 2.05) is 18.2 Å². The maximum atomic E-state index is 16.1. The van der Waals surface area contributed by atoms with E-state index in [1.54, 1.807) is 6.07 Å². The Bertz CT molecular complexity index is 1250. The van der Waals surface area contributed by atoms with Crippen molar-refractivity contribution in [2.24, 2.45) is 23.2 Å². The fourth-order valence-electron chi connectivity index (χ4n) is 9.79. The van der Waals surface area contributed by atoms with Crippen LogP contribution in [-0.4, -0.2) is 46.4 Å². The number of aromatic hydroxyl groups is 1. The number of benzene rings is 2. The van der Waals surface area contributed by atoms with Crippen molar-refractivity contribution in [3.05, 3.63) is 65.2 Å². The number of alkyl halides is 1. The fourth-order valence-corrected chi connectivity index (χ4v) is 9.79. The molecule has 2 aromatic carbocycles. The molecule has 4 nitrogen and oxygen atoms in total. The number of unbranched alkanes of at least 4 members (excludes halogenated alkanes) is 8. The van der Waals surface area contributed by atoms with E-state index in [4.69, 9.17) is 0 Å². The number of nitrogens with zero attached hydrogens (tertiary/aromatic N) is 1. The van der Waals surface area contributed by atoms with Crippen LogP contribution >= 0.6 is 0 Å². The van der Waals surface area contributed by atoms with Crippen LogP contribution in [0.25, 0.3) is 0 Å². The van der Waals surface area contributed by atoms with E-state index >= 15 is 4.39 Å². The Morgan fingerprint density at radius 2 is 1.62 bits per heavy atom. The number of phenolic OH excluding ortho intramolecular Hbond substituents is 1. The predicted molar refractivity (Wildman–Crippen MR) is 190 cm³/mol. The molecule has 260 valence electrons. The summed E-state index contributed by atoms with van der Waals surface area (Å²) in [4.78, 5) is 15.5. The van der Waals surface area contributed by atoms with Gasteiger partial charge in [0.2, 0.25) is 5.91 Å². The summed E-state index contributed by atoms with van der Waals surface area (Å²) in [6.45, 7) is 6.12. The van der Waals surface area contributed by atoms with Gasteiger partial charge in [-0.05, 0) is 110 Å². The van der Waals surface area contributed by atoms with Crippen LogP contribution in [0, 0.1) is 23.2 Å². The minimum absolute atomic E-state index is 0.129. The quantitative estimate of drug-likeness (QED) is 0.158. The number of halogens is 1. The molecule has 0 bridgehead atoms. The van der Waals surface area contributed by atoms with Crippen molar-refractivity contribution in [3.8, 4) is 5.75 Å². The lowest BCUT2D eigenvalue weighted by Crippen LogP contribution is -2.51. The third-order valence-corrected chi connectivity index (χ3v) is 12.4. The highest BCUT2D eigenvalue weighted by atomic mass is 19.1. The number of hydrogen-bond acceptors (Lipinski definition) is 3. The van der Waals surface area contributed by atoms with E-state index in [-0.39, 0.29) is 23.0 Å². The Hall–Kier alpha value is -2.40. The fraction of sp³-hybridized carbons (Fsp3) is 0.690. The van der Waals surface area contributed by atoms with Crippen LogP contribution in [0.4, 0.5) is 4.39 Å². The van der Waals surface area contributed by atoms with Gasteiger partial charge in [0.25, 0.3) is 0 Å². The van der Waals surface area contributed by atoms with E-state index in [1.165, 1.54) is 37.7 Å². The molecule has 0 spiro atoms. The molecule has 5 heteroatoms. The highest BCUT2D eigenvalue weighted by Gasteiger charge is 2.59. The number of hydrogen-bond donors (Lipinski definition) is 2. The number of carbonyl (C=O) groups excluding carboxylic acids is 1. The molecule has 3 unspecified atom stereocenters. The molecule has 5 rings (SSSR count). The lowest BCUT2D eigenvalue weighted by atomic mass is 9.51. The molecule has 7 atom stereocenters. The summed E-state index contributed by atoms with van der Waals surface area (Å²) in [6, 6.07) is 16.0. The average Bonchev–Trinajstić information content (AvgIpc) is 3.36. The van der Waals surface area contributed by atoms with Crippen molar-refractivity contribution in [1.29, 1.82) is 0 Å². The highest BCUT2D eigenvalue weighted by molar-refractivity contribution is 5.76. The van der Waals surface area contributed by atoms with Crippen molar-refractivity contribution in [2.75, 3.05) is 13.1 Å². The number of rotatable bonds is 18. The Morgan fingerprint density at radius 3 is 2.36 bits per heavy atom. The summed E-state index contributed by atoms with van der Waals surface area (Å²) < 4.78 is 16.1. The van der Waals surface area contributed by atoms with Crippen LogP contribution in [-0.2, 0) is 17.6 Å². The first-order chi connectivity index (χ1) is 22.8. The van der Waals surface area contributed by atoms with E-state index < -0.39 is 12.3 Å². The number of amides is 1. The van der Waals surface area contributed by atoms with Crippen LogP contribution in [0.1, 0.15) is 139 Å². The topological polar surface area (TPSA) is 60.8 Å². The third kappa shape index (κ3) is 8.99. The van der Waals surface area contributed by atoms with E-state index in [9.17, 15) is 15.0 Å². The van der Waals surface area contributed by atoms with Gasteiger partial charge in [-0.1, -0.05) is 102 Å². The second-order valence-corrected chi connectivity index (χ2v) is 15.6. The Balaban J connectivity index is 1.13. The summed E-state index contributed by atoms with van der Waals surface area (Å²) >= 11 is 0. The first-order valence-corrected chi connectivity index (χ1v) is 19.3. The molecule has 2 aromatic rings. The maximum absolute atomic E-state index is 16.1. The van der Waals surface area contributed by atoms with Gasteiger partial charge in [-0.25, -0.2) is 4.39 Å². The minimum Gasteiger partial charge on any atom is -0.508 e. The first-order valence-electron chi connectivity index (χ1n) is 19.3. The molecule has 0 aromatic heterocycles. The van der Waals surface area contributed by atoms with Crippen LogP contribution in [0.15, 0.2) is 48.5 Å². The van der Waals surface area contributed by atoms with Crippen molar-refractivity contribution < 1.29 is 19.4 Å². The third-order valence-electron chi connectivity index (χ3n) is 12.4. The van der Waals surface area contributed by atoms with Gasteiger partial charge in [0.05, 0.1) is 6.10 Å². The van der Waals surface area contributed by atoms with Crippen LogP contribution < -0.4 is 0 Å². The maximum Gasteiger partial charge on any atom is 0.222 e. The highest BCUT2D eigenvalue weighted by Crippen LogP contribution is 2.63. The number of aliphatic hydroxyl groups excluding tert-OH is 1. The summed E-state index contributed by atoms with van der Waals surface area (Å²) in [5, 5.41) is 21.2. The summed E-state index contributed by atoms with van der Waals surface area (Å²) in [6.07, 6.45) is 17.1. The normalized spacial score (nSPS) is 28.0. The number of aryl methyl sites for hydroxylation is 1. The molecule has 0 radical (unpaired) electrons. The molecule has 2 fully saturated rings. The first kappa shape index (κ1) is 35.9. The van der Waals surface area contributed by atoms with E-state index in [0.29, 0.717) is 30.6 Å². The van der Waals surface area contributed by atoms with Crippen molar-refractivity contribution in [1.82, 2.24) is 4.90 Å². The Morgan fingerprint density at radius 1 is 0.915 bits per heavy atom. The number of carbonyl (C=O) groups is 1. The summed E-state index contributed by atoms with van der Waals surface area (Å²) in [5.41, 5.74) is 3.19. The summed E-state index contributed by atoms with van der Waals surface area (Å²) in [5.74, 6) is 1.43. The summed E-state index contributed by atoms with van der Waals surface area (Å²) in [7, 11) is 0. The van der Waals surface area contributed by atoms with Gasteiger partial charge < -0.3 is 15.1 Å². The van der Waals surface area contributed by atoms with Gasteiger partial charge in [0, 0.05) is 25.4 Å². The van der Waals surface area contributed by atoms with Crippen molar-refractivity contribution >= 4 is 5.91 Å². The van der Waals surface area contributed by atoms with Crippen LogP contribution in [0.2, 0.25) is 0 Å². The molecule has 2 saturated carbocycles. The Kier molecular flexibility index (Phi) is 13.2. The second kappa shape index (κ2) is 17.3. The monoisotopic (exact) mass is 647 g/mol. The molecule has 0 aliphatic heterocycles. The van der Waals surface area contributed by atoms with Crippen molar-refractivity contribution in [3.63, 3.8) is 0 Å². The zero-order valence-electron chi connectivity index (χ0n) is 29.4. The molecule has 0 saturated heterocycles. The molecule has 3 aliphatic rings. The number of aliphatic hydroxyl groups is 1. The van der Waals surface area contributed by atoms with Crippen LogP contribution in [0.3, 0.4) is 0 Å². The molecular weight excluding hydrogens is 585 g/mol. The standard InChI is InChI=1S/C42H62FNO3/c1-3-4-5-6-8-14-26-44(39(47)21-16-19-31-17-11-10-12-18-31)27-15-9-7-13-20-32-28-33-29-34(45)22-23-35(33)41-37(43)30-42(2)36(40(32)41)24-25-38(42)46/h10-12,17-18,22-23,29,32,36-38,40-41,45-46H,3-9,13-16,19-21,24-28,30H2,1-2H3/t32-,36?,37+,38+,40?,41?,42+/m1/s1. The SMILES string of the molecule is CCCCCCCCN(CCCCCC[C@@H]1Cc2cc(O)ccc2C2C1C1CC[C@H](O)[C@@]1(C)C[C@@H]2F)C(=O)CCCc1ccccc1. The number of fused-ring (bicyclic) bond motifs is 5. The Labute approximate surface area is 284 Å². The molecule has 47 heavy (non-hydrogen) atoms. The number of phenols is 1. The lowest BCUT2D eigenvalue weighted by molar-refractivity contribution is -0.131. The van der Waals surface area contributed by atoms with Crippen molar-refractivity contribution in [2.45, 2.75) is 148 Å². The van der Waals surface area contributed by atoms with Gasteiger partial charge in [-0.15, -0.1) is 0 Å². The smallest absolute Gasteiger partial charge is 0.222 e. The molecule has 1 amide bonds. The zero-order valence-corrected chi connectivity index (χ0v) is 29.4. The van der Waals surface area contributed by atoms with Gasteiger partial charge in [-0.3, -0.25) is 4.79 Å². The zero-order chi connectivity index (χ0) is 33.2. The molecule has 0 heterocycles. The van der Waals surface area contributed by atoms with Gasteiger partial charge in [0.15, 0.2) is 0 Å². The predicted octanol–water partition coefficient (Wildman–Crippen LogP) is 9.95. The van der Waals surface area contributed by atoms with Gasteiger partial charge in [0.1, 0.15) is 11.9 Å². The van der Waals surface area contributed by atoms with E-state index in [2.05, 4.69) is 43.0 Å².